The number of aryl methyl sites for hydroxylation is 2. The van der Waals surface area contributed by atoms with Gasteiger partial charge >= 0.3 is 0 Å². The van der Waals surface area contributed by atoms with Gasteiger partial charge in [-0.05, 0) is 66.2 Å². The van der Waals surface area contributed by atoms with Crippen molar-refractivity contribution in [3.8, 4) is 0 Å². The number of rotatable bonds is 3. The molecule has 0 saturated heterocycles. The number of nitrogens with one attached hydrogen (secondary N) is 1. The zero-order valence-corrected chi connectivity index (χ0v) is 13.0. The Morgan fingerprint density at radius 2 is 1.94 bits per heavy atom. The lowest BCUT2D eigenvalue weighted by molar-refractivity contribution is 0.616. The molecule has 1 aromatic heterocycles. The van der Waals surface area contributed by atoms with Crippen molar-refractivity contribution in [3.63, 3.8) is 0 Å². The molecule has 18 heavy (non-hydrogen) atoms. The first kappa shape index (κ1) is 13.7. The Bertz CT molecular complexity index is 545. The summed E-state index contributed by atoms with van der Waals surface area (Å²) in [7, 11) is 1.90. The molecule has 0 fully saturated rings. The van der Waals surface area contributed by atoms with Crippen LogP contribution in [0.2, 0.25) is 0 Å². The highest BCUT2D eigenvalue weighted by Crippen LogP contribution is 2.35. The van der Waals surface area contributed by atoms with Crippen molar-refractivity contribution in [2.45, 2.75) is 19.9 Å². The number of thiophene rings is 1. The van der Waals surface area contributed by atoms with Gasteiger partial charge in [0.05, 0.1) is 6.04 Å². The van der Waals surface area contributed by atoms with Crippen LogP contribution in [0.3, 0.4) is 0 Å². The molecule has 0 amide bonds. The summed E-state index contributed by atoms with van der Waals surface area (Å²) in [6.45, 7) is 3.98. The Balaban J connectivity index is 2.48. The van der Waals surface area contributed by atoms with Gasteiger partial charge in [0, 0.05) is 14.2 Å². The second-order valence-electron chi connectivity index (χ2n) is 4.35. The Labute approximate surface area is 119 Å². The largest absolute Gasteiger partial charge is 0.309 e. The molecule has 0 aliphatic carbocycles. The lowest BCUT2D eigenvalue weighted by Gasteiger charge is -2.16. The van der Waals surface area contributed by atoms with E-state index in [4.69, 9.17) is 0 Å². The van der Waals surface area contributed by atoms with Crippen LogP contribution in [0.5, 0.6) is 0 Å². The third-order valence-corrected chi connectivity index (χ3v) is 4.82. The minimum absolute atomic E-state index is 0.0208. The van der Waals surface area contributed by atoms with Gasteiger partial charge in [-0.1, -0.05) is 6.07 Å². The molecule has 0 radical (unpaired) electrons. The number of hydrogen-bond acceptors (Lipinski definition) is 2. The Morgan fingerprint density at radius 1 is 1.22 bits per heavy atom. The molecule has 1 aromatic carbocycles. The van der Waals surface area contributed by atoms with Crippen LogP contribution in [0.4, 0.5) is 4.39 Å². The highest BCUT2D eigenvalue weighted by atomic mass is 79.9. The zero-order chi connectivity index (χ0) is 13.3. The standard InChI is InChI=1S/C14H15BrFNS/c1-8-4-10(7-11(16)5-8)13(17-3)14-12(15)6-9(2)18-14/h4-7,13,17H,1-3H3. The fraction of sp³-hybridized carbons (Fsp3) is 0.286. The predicted octanol–water partition coefficient (Wildman–Crippen LogP) is 4.58. The van der Waals surface area contributed by atoms with E-state index < -0.39 is 0 Å². The molecule has 1 nitrogen and oxygen atoms in total. The third-order valence-electron chi connectivity index (χ3n) is 2.78. The summed E-state index contributed by atoms with van der Waals surface area (Å²) >= 11 is 5.29. The van der Waals surface area contributed by atoms with E-state index in [1.54, 1.807) is 23.5 Å². The first-order valence-electron chi connectivity index (χ1n) is 5.71. The SMILES string of the molecule is CNC(c1cc(C)cc(F)c1)c1sc(C)cc1Br. The van der Waals surface area contributed by atoms with E-state index in [1.165, 1.54) is 9.75 Å². The van der Waals surface area contributed by atoms with Gasteiger partial charge < -0.3 is 5.32 Å². The minimum Gasteiger partial charge on any atom is -0.309 e. The maximum Gasteiger partial charge on any atom is 0.123 e. The van der Waals surface area contributed by atoms with Crippen LogP contribution in [-0.4, -0.2) is 7.05 Å². The summed E-state index contributed by atoms with van der Waals surface area (Å²) in [6, 6.07) is 7.27. The van der Waals surface area contributed by atoms with Crippen molar-refractivity contribution in [2.75, 3.05) is 7.05 Å². The maximum atomic E-state index is 13.5. The third kappa shape index (κ3) is 2.82. The lowest BCUT2D eigenvalue weighted by atomic mass is 10.0. The molecule has 2 aromatic rings. The molecule has 96 valence electrons. The second-order valence-corrected chi connectivity index (χ2v) is 6.50. The van der Waals surface area contributed by atoms with Crippen LogP contribution < -0.4 is 5.32 Å². The fourth-order valence-electron chi connectivity index (χ4n) is 2.08. The fourth-order valence-corrected chi connectivity index (χ4v) is 4.10. The van der Waals surface area contributed by atoms with E-state index in [1.807, 2.05) is 20.0 Å². The average molecular weight is 328 g/mol. The summed E-state index contributed by atoms with van der Waals surface area (Å²) in [5, 5.41) is 3.26. The molecule has 0 bridgehead atoms. The van der Waals surface area contributed by atoms with Crippen LogP contribution in [0.1, 0.15) is 26.9 Å². The normalized spacial score (nSPS) is 12.7. The van der Waals surface area contributed by atoms with Crippen LogP contribution in [0.15, 0.2) is 28.7 Å². The van der Waals surface area contributed by atoms with Gasteiger partial charge in [-0.2, -0.15) is 0 Å². The van der Waals surface area contributed by atoms with E-state index >= 15 is 0 Å². The van der Waals surface area contributed by atoms with Crippen molar-refractivity contribution in [1.29, 1.82) is 0 Å². The second kappa shape index (κ2) is 5.51. The first-order valence-corrected chi connectivity index (χ1v) is 7.32. The zero-order valence-electron chi connectivity index (χ0n) is 10.6. The molecule has 1 heterocycles. The highest BCUT2D eigenvalue weighted by Gasteiger charge is 2.18. The molecule has 0 aliphatic rings. The average Bonchev–Trinajstić information content (AvgIpc) is 2.58. The molecule has 4 heteroatoms. The summed E-state index contributed by atoms with van der Waals surface area (Å²) in [5.74, 6) is -0.186. The molecular formula is C14H15BrFNS. The maximum absolute atomic E-state index is 13.5. The van der Waals surface area contributed by atoms with E-state index in [0.717, 1.165) is 15.6 Å². The van der Waals surface area contributed by atoms with E-state index in [2.05, 4.69) is 34.2 Å². The van der Waals surface area contributed by atoms with Gasteiger partial charge in [-0.3, -0.25) is 0 Å². The summed E-state index contributed by atoms with van der Waals surface area (Å²) in [4.78, 5) is 2.42. The van der Waals surface area contributed by atoms with Gasteiger partial charge in [0.25, 0.3) is 0 Å². The smallest absolute Gasteiger partial charge is 0.123 e. The summed E-state index contributed by atoms with van der Waals surface area (Å²) in [5.41, 5.74) is 1.90. The van der Waals surface area contributed by atoms with Gasteiger partial charge in [0.15, 0.2) is 0 Å². The number of halogens is 2. The number of benzene rings is 1. The molecular weight excluding hydrogens is 313 g/mol. The molecule has 0 spiro atoms. The van der Waals surface area contributed by atoms with Crippen molar-refractivity contribution in [1.82, 2.24) is 5.32 Å². The van der Waals surface area contributed by atoms with Crippen LogP contribution in [0, 0.1) is 19.7 Å². The van der Waals surface area contributed by atoms with Gasteiger partial charge in [-0.15, -0.1) is 11.3 Å². The first-order chi connectivity index (χ1) is 8.51. The van der Waals surface area contributed by atoms with Crippen molar-refractivity contribution >= 4 is 27.3 Å². The summed E-state index contributed by atoms with van der Waals surface area (Å²) in [6.07, 6.45) is 0. The summed E-state index contributed by atoms with van der Waals surface area (Å²) < 4.78 is 14.6. The molecule has 1 atom stereocenters. The van der Waals surface area contributed by atoms with Crippen molar-refractivity contribution < 1.29 is 4.39 Å². The Morgan fingerprint density at radius 3 is 2.44 bits per heavy atom. The highest BCUT2D eigenvalue weighted by molar-refractivity contribution is 9.10. The molecule has 1 unspecified atom stereocenters. The van der Waals surface area contributed by atoms with E-state index in [0.29, 0.717) is 0 Å². The van der Waals surface area contributed by atoms with E-state index in [9.17, 15) is 4.39 Å². The Kier molecular flexibility index (Phi) is 4.20. The topological polar surface area (TPSA) is 12.0 Å². The van der Waals surface area contributed by atoms with Gasteiger partial charge in [0.1, 0.15) is 5.82 Å². The van der Waals surface area contributed by atoms with Crippen LogP contribution in [0.25, 0.3) is 0 Å². The lowest BCUT2D eigenvalue weighted by Crippen LogP contribution is -2.17. The van der Waals surface area contributed by atoms with Crippen LogP contribution in [-0.2, 0) is 0 Å². The van der Waals surface area contributed by atoms with Crippen molar-refractivity contribution in [3.05, 3.63) is 55.4 Å². The Hall–Kier alpha value is -0.710. The monoisotopic (exact) mass is 327 g/mol. The van der Waals surface area contributed by atoms with E-state index in [-0.39, 0.29) is 11.9 Å². The minimum atomic E-state index is -0.186. The van der Waals surface area contributed by atoms with Gasteiger partial charge in [0.2, 0.25) is 0 Å². The van der Waals surface area contributed by atoms with Gasteiger partial charge in [-0.25, -0.2) is 4.39 Å². The molecule has 1 N–H and O–H groups in total. The quantitative estimate of drug-likeness (QED) is 0.870. The van der Waals surface area contributed by atoms with Crippen LogP contribution >= 0.6 is 27.3 Å². The molecule has 2 rings (SSSR count). The number of hydrogen-bond donors (Lipinski definition) is 1. The molecule has 0 aliphatic heterocycles. The van der Waals surface area contributed by atoms with Crippen molar-refractivity contribution in [2.24, 2.45) is 0 Å². The molecule has 0 saturated carbocycles. The predicted molar refractivity (Wildman–Crippen MR) is 78.8 cm³/mol.